The third-order valence-corrected chi connectivity index (χ3v) is 3.39. The van der Waals surface area contributed by atoms with Crippen LogP contribution in [0.25, 0.3) is 11.4 Å². The number of ether oxygens (including phenoxy) is 1. The number of nitrogens with one attached hydrogen (secondary N) is 1. The number of hydrazone groups is 1. The Balaban J connectivity index is 1.60. The van der Waals surface area contributed by atoms with Crippen LogP contribution in [0.5, 0.6) is 5.75 Å². The van der Waals surface area contributed by atoms with E-state index >= 15 is 0 Å². The molecule has 0 aliphatic rings. The van der Waals surface area contributed by atoms with E-state index in [-0.39, 0.29) is 12.5 Å². The standard InChI is InChI=1S/C17H16N6O2/c1-25-15-9-7-13(8-10-15)11-18-19-12-16(24)23-17(20-21-22-23)14-5-3-2-4-6-14/h2-11,19H,12H2,1H3/b18-11+. The van der Waals surface area contributed by atoms with Crippen LogP contribution < -0.4 is 10.2 Å². The highest BCUT2D eigenvalue weighted by Crippen LogP contribution is 2.14. The number of tetrazole rings is 1. The number of nitrogens with zero attached hydrogens (tertiary/aromatic N) is 5. The fourth-order valence-corrected chi connectivity index (χ4v) is 2.12. The zero-order valence-corrected chi connectivity index (χ0v) is 13.5. The zero-order chi connectivity index (χ0) is 17.5. The molecule has 0 fully saturated rings. The van der Waals surface area contributed by atoms with E-state index in [0.717, 1.165) is 21.6 Å². The summed E-state index contributed by atoms with van der Waals surface area (Å²) in [5.74, 6) is 0.856. The molecule has 0 aliphatic carbocycles. The Kier molecular flexibility index (Phi) is 5.10. The number of hydrogen-bond acceptors (Lipinski definition) is 7. The summed E-state index contributed by atoms with van der Waals surface area (Å²) in [6.45, 7) is -0.0302. The van der Waals surface area contributed by atoms with Crippen molar-refractivity contribution < 1.29 is 9.53 Å². The summed E-state index contributed by atoms with van der Waals surface area (Å²) in [4.78, 5) is 12.3. The molecule has 1 heterocycles. The van der Waals surface area contributed by atoms with Gasteiger partial charge in [0.15, 0.2) is 5.82 Å². The van der Waals surface area contributed by atoms with Gasteiger partial charge < -0.3 is 10.2 Å². The first kappa shape index (κ1) is 16.3. The summed E-state index contributed by atoms with van der Waals surface area (Å²) in [5.41, 5.74) is 4.35. The molecule has 8 heteroatoms. The van der Waals surface area contributed by atoms with Crippen molar-refractivity contribution in [3.63, 3.8) is 0 Å². The van der Waals surface area contributed by atoms with Crippen LogP contribution in [-0.2, 0) is 0 Å². The van der Waals surface area contributed by atoms with E-state index < -0.39 is 0 Å². The molecule has 3 rings (SSSR count). The van der Waals surface area contributed by atoms with Crippen LogP contribution in [0.3, 0.4) is 0 Å². The molecule has 0 saturated heterocycles. The van der Waals surface area contributed by atoms with Crippen molar-refractivity contribution in [3.8, 4) is 17.1 Å². The van der Waals surface area contributed by atoms with Gasteiger partial charge in [0.05, 0.1) is 13.3 Å². The largest absolute Gasteiger partial charge is 0.497 e. The van der Waals surface area contributed by atoms with E-state index in [1.807, 2.05) is 54.6 Å². The molecule has 0 radical (unpaired) electrons. The molecular formula is C17H16N6O2. The second-order valence-corrected chi connectivity index (χ2v) is 5.04. The highest BCUT2D eigenvalue weighted by Gasteiger charge is 2.14. The second kappa shape index (κ2) is 7.82. The quantitative estimate of drug-likeness (QED) is 0.417. The van der Waals surface area contributed by atoms with Crippen LogP contribution in [0, 0.1) is 0 Å². The monoisotopic (exact) mass is 336 g/mol. The van der Waals surface area contributed by atoms with E-state index in [4.69, 9.17) is 4.74 Å². The fourth-order valence-electron chi connectivity index (χ4n) is 2.12. The average molecular weight is 336 g/mol. The van der Waals surface area contributed by atoms with E-state index in [9.17, 15) is 4.79 Å². The van der Waals surface area contributed by atoms with E-state index in [0.29, 0.717) is 5.82 Å². The predicted octanol–water partition coefficient (Wildman–Crippen LogP) is 1.61. The lowest BCUT2D eigenvalue weighted by atomic mass is 10.2. The van der Waals surface area contributed by atoms with Gasteiger partial charge in [0.25, 0.3) is 5.91 Å². The first-order valence-corrected chi connectivity index (χ1v) is 7.55. The second-order valence-electron chi connectivity index (χ2n) is 5.04. The topological polar surface area (TPSA) is 94.3 Å². The zero-order valence-electron chi connectivity index (χ0n) is 13.5. The Morgan fingerprint density at radius 2 is 1.96 bits per heavy atom. The average Bonchev–Trinajstić information content (AvgIpc) is 3.16. The summed E-state index contributed by atoms with van der Waals surface area (Å²) >= 11 is 0. The van der Waals surface area contributed by atoms with Crippen molar-refractivity contribution in [1.82, 2.24) is 25.6 Å². The maximum absolute atomic E-state index is 12.3. The Hall–Kier alpha value is -3.55. The minimum absolute atomic E-state index is 0.0302. The van der Waals surface area contributed by atoms with Crippen LogP contribution in [-0.4, -0.2) is 46.0 Å². The molecule has 1 aromatic heterocycles. The summed E-state index contributed by atoms with van der Waals surface area (Å²) in [5, 5.41) is 15.3. The fraction of sp³-hybridized carbons (Fsp3) is 0.118. The van der Waals surface area contributed by atoms with Crippen molar-refractivity contribution >= 4 is 12.1 Å². The number of hydrogen-bond donors (Lipinski definition) is 1. The minimum atomic E-state index is -0.310. The molecule has 0 unspecified atom stereocenters. The molecule has 0 aliphatic heterocycles. The normalized spacial score (nSPS) is 10.8. The number of rotatable bonds is 6. The molecule has 0 amide bonds. The summed E-state index contributed by atoms with van der Waals surface area (Å²) < 4.78 is 6.25. The number of aromatic nitrogens is 4. The maximum Gasteiger partial charge on any atom is 0.271 e. The molecule has 0 spiro atoms. The molecule has 0 atom stereocenters. The van der Waals surface area contributed by atoms with Gasteiger partial charge in [-0.15, -0.1) is 5.10 Å². The Morgan fingerprint density at radius 1 is 1.20 bits per heavy atom. The SMILES string of the molecule is COc1ccc(/C=N/NCC(=O)n2nnnc2-c2ccccc2)cc1. The Bertz CT molecular complexity index is 858. The third kappa shape index (κ3) is 4.05. The van der Waals surface area contributed by atoms with Crippen LogP contribution in [0.1, 0.15) is 10.4 Å². The van der Waals surface area contributed by atoms with Gasteiger partial charge in [-0.1, -0.05) is 30.3 Å². The van der Waals surface area contributed by atoms with Crippen molar-refractivity contribution in [1.29, 1.82) is 0 Å². The van der Waals surface area contributed by atoms with Gasteiger partial charge in [-0.05, 0) is 40.3 Å². The van der Waals surface area contributed by atoms with E-state index in [1.165, 1.54) is 0 Å². The van der Waals surface area contributed by atoms with Gasteiger partial charge in [0.1, 0.15) is 12.3 Å². The van der Waals surface area contributed by atoms with Crippen molar-refractivity contribution in [2.75, 3.05) is 13.7 Å². The molecule has 25 heavy (non-hydrogen) atoms. The van der Waals surface area contributed by atoms with Crippen LogP contribution in [0.4, 0.5) is 0 Å². The molecule has 1 N–H and O–H groups in total. The molecule has 126 valence electrons. The number of carbonyl (C=O) groups excluding carboxylic acids is 1. The Labute approximate surface area is 144 Å². The van der Waals surface area contributed by atoms with Gasteiger partial charge in [-0.25, -0.2) is 0 Å². The van der Waals surface area contributed by atoms with Crippen molar-refractivity contribution in [2.24, 2.45) is 5.10 Å². The van der Waals surface area contributed by atoms with Crippen LogP contribution in [0.15, 0.2) is 59.7 Å². The number of methoxy groups -OCH3 is 1. The lowest BCUT2D eigenvalue weighted by molar-refractivity contribution is 0.0897. The lowest BCUT2D eigenvalue weighted by Crippen LogP contribution is -2.25. The van der Waals surface area contributed by atoms with Crippen LogP contribution in [0.2, 0.25) is 0 Å². The van der Waals surface area contributed by atoms with E-state index in [1.54, 1.807) is 13.3 Å². The minimum Gasteiger partial charge on any atom is -0.497 e. The van der Waals surface area contributed by atoms with Gasteiger partial charge >= 0.3 is 0 Å². The maximum atomic E-state index is 12.3. The van der Waals surface area contributed by atoms with Gasteiger partial charge in [0, 0.05) is 5.56 Å². The van der Waals surface area contributed by atoms with Crippen LogP contribution >= 0.6 is 0 Å². The van der Waals surface area contributed by atoms with Crippen molar-refractivity contribution in [2.45, 2.75) is 0 Å². The molecule has 0 bridgehead atoms. The summed E-state index contributed by atoms with van der Waals surface area (Å²) in [7, 11) is 1.61. The number of carbonyl (C=O) groups is 1. The smallest absolute Gasteiger partial charge is 0.271 e. The summed E-state index contributed by atoms with van der Waals surface area (Å²) in [6.07, 6.45) is 1.62. The molecular weight excluding hydrogens is 320 g/mol. The highest BCUT2D eigenvalue weighted by molar-refractivity contribution is 5.84. The van der Waals surface area contributed by atoms with Crippen molar-refractivity contribution in [3.05, 3.63) is 60.2 Å². The van der Waals surface area contributed by atoms with Gasteiger partial charge in [-0.2, -0.15) is 9.78 Å². The highest BCUT2D eigenvalue weighted by atomic mass is 16.5. The van der Waals surface area contributed by atoms with Gasteiger partial charge in [0.2, 0.25) is 0 Å². The van der Waals surface area contributed by atoms with E-state index in [2.05, 4.69) is 26.1 Å². The first-order chi connectivity index (χ1) is 12.3. The first-order valence-electron chi connectivity index (χ1n) is 7.55. The number of benzene rings is 2. The Morgan fingerprint density at radius 3 is 2.68 bits per heavy atom. The molecule has 2 aromatic carbocycles. The molecule has 3 aromatic rings. The lowest BCUT2D eigenvalue weighted by Gasteiger charge is -2.03. The predicted molar refractivity (Wildman–Crippen MR) is 92.5 cm³/mol. The summed E-state index contributed by atoms with van der Waals surface area (Å²) in [6, 6.07) is 16.7. The molecule has 0 saturated carbocycles. The third-order valence-electron chi connectivity index (χ3n) is 3.39. The van der Waals surface area contributed by atoms with Gasteiger partial charge in [-0.3, -0.25) is 4.79 Å². The molecule has 8 nitrogen and oxygen atoms in total.